The van der Waals surface area contributed by atoms with E-state index in [0.29, 0.717) is 10.7 Å². The fourth-order valence-corrected chi connectivity index (χ4v) is 2.55. The van der Waals surface area contributed by atoms with Crippen LogP contribution in [0.2, 0.25) is 10.0 Å². The molecule has 8 nitrogen and oxygen atoms in total. The van der Waals surface area contributed by atoms with Gasteiger partial charge in [-0.2, -0.15) is 0 Å². The summed E-state index contributed by atoms with van der Waals surface area (Å²) in [5.41, 5.74) is -0.295. The summed E-state index contributed by atoms with van der Waals surface area (Å²) in [6, 6.07) is 4.48. The van der Waals surface area contributed by atoms with Crippen LogP contribution < -0.4 is 5.32 Å². The Labute approximate surface area is 171 Å². The summed E-state index contributed by atoms with van der Waals surface area (Å²) in [6.07, 6.45) is -1.16. The maximum Gasteiger partial charge on any atom is 0.344 e. The molecule has 0 bridgehead atoms. The lowest BCUT2D eigenvalue weighted by Crippen LogP contribution is -2.20. The maximum atomic E-state index is 12.3. The third-order valence-corrected chi connectivity index (χ3v) is 4.08. The summed E-state index contributed by atoms with van der Waals surface area (Å²) in [4.78, 5) is 47.3. The van der Waals surface area contributed by atoms with Crippen molar-refractivity contribution in [1.29, 1.82) is 0 Å². The number of allylic oxidation sites excluding steroid dienone is 1. The summed E-state index contributed by atoms with van der Waals surface area (Å²) in [6.45, 7) is 0. The summed E-state index contributed by atoms with van der Waals surface area (Å²) < 4.78 is 8.93. The van der Waals surface area contributed by atoms with E-state index in [1.807, 2.05) is 0 Å². The molecule has 0 spiro atoms. The third kappa shape index (κ3) is 7.21. The molecule has 0 saturated heterocycles. The molecule has 2 N–H and O–H groups in total. The zero-order chi connectivity index (χ0) is 21.3. The Morgan fingerprint density at radius 1 is 1.00 bits per heavy atom. The highest BCUT2D eigenvalue weighted by Gasteiger charge is 2.25. The molecule has 0 fully saturated rings. The highest BCUT2D eigenvalue weighted by molar-refractivity contribution is 6.36. The normalized spacial score (nSPS) is 11.3. The quantitative estimate of drug-likeness (QED) is 0.202. The average Bonchev–Trinajstić information content (AvgIpc) is 2.66. The van der Waals surface area contributed by atoms with Gasteiger partial charge in [-0.15, -0.1) is 0 Å². The number of aliphatic hydroxyl groups is 1. The van der Waals surface area contributed by atoms with Crippen LogP contribution in [0.15, 0.2) is 29.5 Å². The first-order valence-corrected chi connectivity index (χ1v) is 8.80. The Bertz CT molecular complexity index is 805. The lowest BCUT2D eigenvalue weighted by molar-refractivity contribution is -0.141. The van der Waals surface area contributed by atoms with Gasteiger partial charge in [-0.25, -0.2) is 4.79 Å². The molecule has 28 heavy (non-hydrogen) atoms. The van der Waals surface area contributed by atoms with Crippen LogP contribution in [0.1, 0.15) is 25.7 Å². The molecule has 0 heterocycles. The highest BCUT2D eigenvalue weighted by atomic mass is 35.5. The van der Waals surface area contributed by atoms with Crippen molar-refractivity contribution in [3.05, 3.63) is 39.6 Å². The van der Waals surface area contributed by atoms with Gasteiger partial charge in [0.15, 0.2) is 5.78 Å². The number of hydrogen-bond donors (Lipinski definition) is 2. The van der Waals surface area contributed by atoms with Crippen LogP contribution in [0, 0.1) is 0 Å². The second kappa shape index (κ2) is 11.3. The fourth-order valence-electron chi connectivity index (χ4n) is 2.10. The Hall–Kier alpha value is -2.58. The number of nitrogens with one attached hydrogen (secondary N) is 1. The third-order valence-electron chi connectivity index (χ3n) is 3.53. The number of anilines is 1. The number of carbonyl (C=O) groups is 4. The van der Waals surface area contributed by atoms with Crippen LogP contribution in [0.5, 0.6) is 0 Å². The van der Waals surface area contributed by atoms with E-state index >= 15 is 0 Å². The largest absolute Gasteiger partial charge is 0.511 e. The van der Waals surface area contributed by atoms with Gasteiger partial charge in [0.1, 0.15) is 11.3 Å². The van der Waals surface area contributed by atoms with Crippen molar-refractivity contribution in [2.45, 2.75) is 25.7 Å². The molecule has 0 aliphatic rings. The van der Waals surface area contributed by atoms with Crippen molar-refractivity contribution in [1.82, 2.24) is 0 Å². The Morgan fingerprint density at radius 2 is 1.68 bits per heavy atom. The van der Waals surface area contributed by atoms with Gasteiger partial charge in [0, 0.05) is 24.3 Å². The van der Waals surface area contributed by atoms with E-state index < -0.39 is 35.0 Å². The lowest BCUT2D eigenvalue weighted by atomic mass is 10.0. The summed E-state index contributed by atoms with van der Waals surface area (Å²) in [7, 11) is 2.21. The van der Waals surface area contributed by atoms with E-state index in [0.717, 1.165) is 7.11 Å². The van der Waals surface area contributed by atoms with Gasteiger partial charge in [-0.05, 0) is 18.2 Å². The van der Waals surface area contributed by atoms with E-state index in [1.54, 1.807) is 0 Å². The number of hydrogen-bond acceptors (Lipinski definition) is 7. The number of aliphatic hydroxyl groups excluding tert-OH is 1. The maximum absolute atomic E-state index is 12.3. The van der Waals surface area contributed by atoms with Crippen LogP contribution in [0.3, 0.4) is 0 Å². The summed E-state index contributed by atoms with van der Waals surface area (Å²) in [5.74, 6) is -3.62. The topological polar surface area (TPSA) is 119 Å². The number of methoxy groups -OCH3 is 2. The number of carbonyl (C=O) groups excluding carboxylic acids is 4. The molecule has 1 rings (SSSR count). The lowest BCUT2D eigenvalue weighted by Gasteiger charge is -2.09. The van der Waals surface area contributed by atoms with E-state index in [2.05, 4.69) is 14.8 Å². The van der Waals surface area contributed by atoms with Gasteiger partial charge in [0.05, 0.1) is 31.4 Å². The molecule has 0 aliphatic carbocycles. The van der Waals surface area contributed by atoms with Crippen LogP contribution in [0.4, 0.5) is 5.69 Å². The molecule has 0 saturated carbocycles. The Balaban J connectivity index is 2.78. The fraction of sp³-hybridized carbons (Fsp3) is 0.333. The van der Waals surface area contributed by atoms with Crippen LogP contribution in [-0.4, -0.2) is 43.0 Å². The van der Waals surface area contributed by atoms with E-state index in [-0.39, 0.29) is 30.7 Å². The molecule has 1 aromatic rings. The molecular formula is C18H19Cl2NO7. The molecule has 10 heteroatoms. The predicted octanol–water partition coefficient (Wildman–Crippen LogP) is 3.22. The van der Waals surface area contributed by atoms with Crippen molar-refractivity contribution < 1.29 is 33.8 Å². The summed E-state index contributed by atoms with van der Waals surface area (Å²) in [5, 5.41) is 13.1. The molecule has 0 aromatic heterocycles. The first-order chi connectivity index (χ1) is 13.2. The van der Waals surface area contributed by atoms with Gasteiger partial charge < -0.3 is 19.9 Å². The molecule has 152 valence electrons. The SMILES string of the molecule is COC(=O)CC/C(O)=C(/C(=O)CCC(=O)Nc1ccc(Cl)cc1Cl)C(=O)OC. The van der Waals surface area contributed by atoms with E-state index in [4.69, 9.17) is 23.2 Å². The number of ether oxygens (including phenoxy) is 2. The number of Topliss-reactive ketones (excluding diaryl/α,β-unsaturated/α-hetero) is 1. The minimum atomic E-state index is -1.06. The minimum absolute atomic E-state index is 0.225. The van der Waals surface area contributed by atoms with Crippen molar-refractivity contribution in [3.8, 4) is 0 Å². The molecule has 0 radical (unpaired) electrons. The number of halogens is 2. The first-order valence-electron chi connectivity index (χ1n) is 8.05. The first kappa shape index (κ1) is 23.5. The monoisotopic (exact) mass is 431 g/mol. The molecule has 0 atom stereocenters. The summed E-state index contributed by atoms with van der Waals surface area (Å²) >= 11 is 11.7. The molecule has 1 aromatic carbocycles. The van der Waals surface area contributed by atoms with E-state index in [1.165, 1.54) is 25.3 Å². The van der Waals surface area contributed by atoms with Crippen LogP contribution in [0.25, 0.3) is 0 Å². The van der Waals surface area contributed by atoms with E-state index in [9.17, 15) is 24.3 Å². The number of rotatable bonds is 9. The Morgan fingerprint density at radius 3 is 2.25 bits per heavy atom. The standard InChI is InChI=1S/C18H19Cl2NO7/c1-27-16(25)8-6-14(23)17(18(26)28-2)13(22)5-7-15(24)21-12-4-3-10(19)9-11(12)20/h3-4,9,23H,5-8H2,1-2H3,(H,21,24)/b17-14+. The molecule has 0 unspecified atom stereocenters. The van der Waals surface area contributed by atoms with Crippen molar-refractivity contribution in [3.63, 3.8) is 0 Å². The number of ketones is 1. The number of benzene rings is 1. The number of amides is 1. The second-order valence-corrected chi connectivity index (χ2v) is 6.33. The highest BCUT2D eigenvalue weighted by Crippen LogP contribution is 2.25. The zero-order valence-electron chi connectivity index (χ0n) is 15.2. The van der Waals surface area contributed by atoms with Crippen LogP contribution in [-0.2, 0) is 28.7 Å². The number of esters is 2. The average molecular weight is 432 g/mol. The van der Waals surface area contributed by atoms with Crippen molar-refractivity contribution >= 4 is 52.5 Å². The van der Waals surface area contributed by atoms with Crippen molar-refractivity contribution in [2.75, 3.05) is 19.5 Å². The van der Waals surface area contributed by atoms with Gasteiger partial charge in [0.25, 0.3) is 0 Å². The zero-order valence-corrected chi connectivity index (χ0v) is 16.7. The smallest absolute Gasteiger partial charge is 0.344 e. The molecule has 1 amide bonds. The second-order valence-electron chi connectivity index (χ2n) is 5.48. The molecule has 0 aliphatic heterocycles. The van der Waals surface area contributed by atoms with Gasteiger partial charge in [0.2, 0.25) is 5.91 Å². The van der Waals surface area contributed by atoms with Crippen molar-refractivity contribution in [2.24, 2.45) is 0 Å². The Kier molecular flexibility index (Phi) is 9.47. The molecular weight excluding hydrogens is 413 g/mol. The van der Waals surface area contributed by atoms with Gasteiger partial charge >= 0.3 is 11.9 Å². The van der Waals surface area contributed by atoms with Gasteiger partial charge in [-0.3, -0.25) is 14.4 Å². The van der Waals surface area contributed by atoms with Crippen LogP contribution >= 0.6 is 23.2 Å². The minimum Gasteiger partial charge on any atom is -0.511 e. The van der Waals surface area contributed by atoms with Gasteiger partial charge in [-0.1, -0.05) is 23.2 Å². The predicted molar refractivity (Wildman–Crippen MR) is 102 cm³/mol.